The van der Waals surface area contributed by atoms with Gasteiger partial charge in [-0.25, -0.2) is 4.39 Å². The van der Waals surface area contributed by atoms with Crippen LogP contribution >= 0.6 is 11.6 Å². The fourth-order valence-corrected chi connectivity index (χ4v) is 5.02. The van der Waals surface area contributed by atoms with Gasteiger partial charge in [0.15, 0.2) is 5.82 Å². The molecule has 0 bridgehead atoms. The number of aromatic nitrogens is 2. The number of benzene rings is 2. The topological polar surface area (TPSA) is 61.3 Å². The molecule has 2 heterocycles. The number of nitrogens with one attached hydrogen (secondary N) is 1. The Morgan fingerprint density at radius 3 is 2.57 bits per heavy atom. The van der Waals surface area contributed by atoms with Crippen molar-refractivity contribution in [3.63, 3.8) is 0 Å². The van der Waals surface area contributed by atoms with E-state index in [1.807, 2.05) is 12.1 Å². The molecular formula is C23H24ClFN4O. The molecule has 5 nitrogen and oxygen atoms in total. The molecule has 1 aromatic heterocycles. The molecule has 1 saturated carbocycles. The Kier molecular flexibility index (Phi) is 5.21. The van der Waals surface area contributed by atoms with Crippen molar-refractivity contribution in [1.29, 1.82) is 0 Å². The lowest BCUT2D eigenvalue weighted by Crippen LogP contribution is -2.44. The zero-order chi connectivity index (χ0) is 20.7. The highest BCUT2D eigenvalue weighted by molar-refractivity contribution is 6.34. The molecule has 2 N–H and O–H groups in total. The molecule has 30 heavy (non-hydrogen) atoms. The maximum atomic E-state index is 14.6. The van der Waals surface area contributed by atoms with Crippen LogP contribution in [0.3, 0.4) is 0 Å². The minimum atomic E-state index is -0.497. The second-order valence-corrected chi connectivity index (χ2v) is 8.55. The number of phenolic OH excluding ortho intramolecular Hbond substituents is 1. The Bertz CT molecular complexity index is 1070. The number of phenols is 1. The van der Waals surface area contributed by atoms with Gasteiger partial charge in [0.05, 0.1) is 11.3 Å². The normalized spacial score (nSPS) is 17.7. The van der Waals surface area contributed by atoms with Crippen LogP contribution in [0.4, 0.5) is 10.2 Å². The second kappa shape index (κ2) is 8.00. The highest BCUT2D eigenvalue weighted by atomic mass is 35.5. The van der Waals surface area contributed by atoms with E-state index in [0.717, 1.165) is 61.3 Å². The molecule has 3 aromatic rings. The molecule has 1 saturated heterocycles. The van der Waals surface area contributed by atoms with Crippen molar-refractivity contribution in [3.05, 3.63) is 46.9 Å². The van der Waals surface area contributed by atoms with Crippen LogP contribution in [-0.4, -0.2) is 41.5 Å². The van der Waals surface area contributed by atoms with Crippen LogP contribution in [0.25, 0.3) is 21.9 Å². The molecule has 0 atom stereocenters. The van der Waals surface area contributed by atoms with E-state index < -0.39 is 5.82 Å². The molecule has 156 valence electrons. The van der Waals surface area contributed by atoms with E-state index in [9.17, 15) is 9.50 Å². The lowest BCUT2D eigenvalue weighted by Gasteiger charge is -2.29. The standard InChI is InChI=1S/C23H24ClFN4O/c24-18-13-16-15(12-17(18)21-19(25)6-3-7-20(21)30)22(14-4-1-2-5-14)27-28-23(16)29-10-8-26-9-11-29/h3,6-7,12-14,26,30H,1-2,4-5,8-11H2. The monoisotopic (exact) mass is 426 g/mol. The van der Waals surface area contributed by atoms with Crippen LogP contribution in [0.2, 0.25) is 5.02 Å². The first-order valence-electron chi connectivity index (χ1n) is 10.6. The number of nitrogens with zero attached hydrogens (tertiary/aromatic N) is 3. The minimum absolute atomic E-state index is 0.122. The van der Waals surface area contributed by atoms with E-state index >= 15 is 0 Å². The summed E-state index contributed by atoms with van der Waals surface area (Å²) in [5, 5.41) is 25.3. The summed E-state index contributed by atoms with van der Waals surface area (Å²) in [6.07, 6.45) is 4.53. The van der Waals surface area contributed by atoms with E-state index in [1.165, 1.54) is 31.0 Å². The van der Waals surface area contributed by atoms with E-state index in [4.69, 9.17) is 11.6 Å². The van der Waals surface area contributed by atoms with Gasteiger partial charge in [-0.05, 0) is 37.1 Å². The maximum Gasteiger partial charge on any atom is 0.159 e. The molecule has 1 aliphatic carbocycles. The molecule has 2 aliphatic rings. The van der Waals surface area contributed by atoms with Gasteiger partial charge in [0.25, 0.3) is 0 Å². The summed E-state index contributed by atoms with van der Waals surface area (Å²) in [6, 6.07) is 8.06. The molecule has 2 aromatic carbocycles. The largest absolute Gasteiger partial charge is 0.507 e. The average Bonchev–Trinajstić information content (AvgIpc) is 3.28. The second-order valence-electron chi connectivity index (χ2n) is 8.14. The first-order chi connectivity index (χ1) is 14.6. The molecule has 0 spiro atoms. The van der Waals surface area contributed by atoms with Gasteiger partial charge in [-0.15, -0.1) is 5.10 Å². The third kappa shape index (κ3) is 3.38. The lowest BCUT2D eigenvalue weighted by atomic mass is 9.94. The number of aromatic hydroxyl groups is 1. The number of hydrogen-bond donors (Lipinski definition) is 2. The van der Waals surface area contributed by atoms with Gasteiger partial charge >= 0.3 is 0 Å². The van der Waals surface area contributed by atoms with Gasteiger partial charge in [0.2, 0.25) is 0 Å². The van der Waals surface area contributed by atoms with Crippen LogP contribution in [0.1, 0.15) is 37.3 Å². The smallest absolute Gasteiger partial charge is 0.159 e. The van der Waals surface area contributed by atoms with Crippen LogP contribution in [0, 0.1) is 5.82 Å². The van der Waals surface area contributed by atoms with Crippen molar-refractivity contribution in [2.24, 2.45) is 0 Å². The highest BCUT2D eigenvalue weighted by Gasteiger charge is 2.26. The van der Waals surface area contributed by atoms with Crippen LogP contribution in [0.15, 0.2) is 30.3 Å². The Hall–Kier alpha value is -2.44. The van der Waals surface area contributed by atoms with Crippen molar-refractivity contribution >= 4 is 28.2 Å². The molecule has 0 amide bonds. The van der Waals surface area contributed by atoms with Gasteiger partial charge in [-0.3, -0.25) is 0 Å². The van der Waals surface area contributed by atoms with Crippen molar-refractivity contribution in [2.75, 3.05) is 31.1 Å². The first-order valence-corrected chi connectivity index (χ1v) is 10.9. The third-order valence-corrected chi connectivity index (χ3v) is 6.61. The summed E-state index contributed by atoms with van der Waals surface area (Å²) in [4.78, 5) is 2.22. The van der Waals surface area contributed by atoms with Gasteiger partial charge in [0.1, 0.15) is 11.6 Å². The Labute approximate surface area is 179 Å². The fourth-order valence-electron chi connectivity index (χ4n) is 4.76. The SMILES string of the molecule is Oc1cccc(F)c1-c1cc2c(C3CCCC3)nnc(N3CCNCC3)c2cc1Cl. The summed E-state index contributed by atoms with van der Waals surface area (Å²) in [6.45, 7) is 3.48. The average molecular weight is 427 g/mol. The Balaban J connectivity index is 1.74. The Morgan fingerprint density at radius 2 is 1.83 bits per heavy atom. The number of fused-ring (bicyclic) bond motifs is 1. The fraction of sp³-hybridized carbons (Fsp3) is 0.391. The number of hydrogen-bond acceptors (Lipinski definition) is 5. The van der Waals surface area contributed by atoms with E-state index in [2.05, 4.69) is 20.4 Å². The predicted octanol–water partition coefficient (Wildman–Crippen LogP) is 4.86. The van der Waals surface area contributed by atoms with Gasteiger partial charge in [-0.2, -0.15) is 5.10 Å². The predicted molar refractivity (Wildman–Crippen MR) is 118 cm³/mol. The number of piperazine rings is 1. The van der Waals surface area contributed by atoms with Crippen LogP contribution in [-0.2, 0) is 0 Å². The molecule has 2 fully saturated rings. The van der Waals surface area contributed by atoms with E-state index in [-0.39, 0.29) is 11.3 Å². The quantitative estimate of drug-likeness (QED) is 0.626. The molecular weight excluding hydrogens is 403 g/mol. The van der Waals surface area contributed by atoms with E-state index in [0.29, 0.717) is 16.5 Å². The number of anilines is 1. The lowest BCUT2D eigenvalue weighted by molar-refractivity contribution is 0.472. The van der Waals surface area contributed by atoms with Crippen LogP contribution in [0.5, 0.6) is 5.75 Å². The first kappa shape index (κ1) is 19.5. The van der Waals surface area contributed by atoms with Crippen molar-refractivity contribution < 1.29 is 9.50 Å². The summed E-state index contributed by atoms with van der Waals surface area (Å²) in [7, 11) is 0. The van der Waals surface area contributed by atoms with Gasteiger partial charge < -0.3 is 15.3 Å². The molecule has 1 aliphatic heterocycles. The summed E-state index contributed by atoms with van der Waals surface area (Å²) < 4.78 is 14.6. The van der Waals surface area contributed by atoms with Gasteiger partial charge in [0, 0.05) is 53.5 Å². The minimum Gasteiger partial charge on any atom is -0.507 e. The number of rotatable bonds is 3. The van der Waals surface area contributed by atoms with Crippen LogP contribution < -0.4 is 10.2 Å². The highest BCUT2D eigenvalue weighted by Crippen LogP contribution is 2.43. The summed E-state index contributed by atoms with van der Waals surface area (Å²) >= 11 is 6.65. The summed E-state index contributed by atoms with van der Waals surface area (Å²) in [5.41, 5.74) is 1.57. The van der Waals surface area contributed by atoms with Crippen molar-refractivity contribution in [3.8, 4) is 16.9 Å². The van der Waals surface area contributed by atoms with Crippen molar-refractivity contribution in [2.45, 2.75) is 31.6 Å². The third-order valence-electron chi connectivity index (χ3n) is 6.30. The molecule has 7 heteroatoms. The zero-order valence-corrected chi connectivity index (χ0v) is 17.4. The zero-order valence-electron chi connectivity index (χ0n) is 16.7. The number of halogens is 2. The molecule has 5 rings (SSSR count). The Morgan fingerprint density at radius 1 is 1.07 bits per heavy atom. The van der Waals surface area contributed by atoms with Crippen molar-refractivity contribution in [1.82, 2.24) is 15.5 Å². The molecule has 0 unspecified atom stereocenters. The maximum absolute atomic E-state index is 14.6. The van der Waals surface area contributed by atoms with E-state index in [1.54, 1.807) is 0 Å². The summed E-state index contributed by atoms with van der Waals surface area (Å²) in [5.74, 6) is 0.547. The molecule has 0 radical (unpaired) electrons. The van der Waals surface area contributed by atoms with Gasteiger partial charge in [-0.1, -0.05) is 30.5 Å².